The first-order valence-electron chi connectivity index (χ1n) is 7.73. The Balaban J connectivity index is 1.79. The third kappa shape index (κ3) is 3.03. The summed E-state index contributed by atoms with van der Waals surface area (Å²) in [7, 11) is 1.92. The minimum atomic E-state index is 0.339. The summed E-state index contributed by atoms with van der Waals surface area (Å²) in [6.45, 7) is 4.86. The summed E-state index contributed by atoms with van der Waals surface area (Å²) in [5.41, 5.74) is 0. The van der Waals surface area contributed by atoms with Crippen LogP contribution in [-0.2, 0) is 4.74 Å². The molecular formula is C15H24N4O. The van der Waals surface area contributed by atoms with Gasteiger partial charge in [0, 0.05) is 38.7 Å². The van der Waals surface area contributed by atoms with Gasteiger partial charge in [-0.15, -0.1) is 0 Å². The second-order valence-electron chi connectivity index (χ2n) is 5.66. The number of hydrogen-bond acceptors (Lipinski definition) is 5. The average Bonchev–Trinajstić information content (AvgIpc) is 3.32. The highest BCUT2D eigenvalue weighted by Crippen LogP contribution is 2.39. The van der Waals surface area contributed by atoms with Gasteiger partial charge in [0.25, 0.3) is 0 Å². The summed E-state index contributed by atoms with van der Waals surface area (Å²) < 4.78 is 5.78. The molecule has 0 amide bonds. The lowest BCUT2D eigenvalue weighted by molar-refractivity contribution is 0.0525. The highest BCUT2D eigenvalue weighted by molar-refractivity contribution is 5.50. The lowest BCUT2D eigenvalue weighted by Crippen LogP contribution is -2.40. The monoisotopic (exact) mass is 276 g/mol. The van der Waals surface area contributed by atoms with E-state index in [2.05, 4.69) is 28.2 Å². The second-order valence-corrected chi connectivity index (χ2v) is 5.66. The van der Waals surface area contributed by atoms with E-state index >= 15 is 0 Å². The summed E-state index contributed by atoms with van der Waals surface area (Å²) in [6.07, 6.45) is 5.13. The number of nitrogens with zero attached hydrogens (tertiary/aromatic N) is 3. The topological polar surface area (TPSA) is 50.3 Å². The van der Waals surface area contributed by atoms with E-state index in [0.29, 0.717) is 12.0 Å². The highest BCUT2D eigenvalue weighted by atomic mass is 16.5. The molecule has 2 aliphatic rings. The lowest BCUT2D eigenvalue weighted by Gasteiger charge is -2.33. The van der Waals surface area contributed by atoms with Gasteiger partial charge >= 0.3 is 0 Å². The van der Waals surface area contributed by atoms with Gasteiger partial charge in [-0.3, -0.25) is 0 Å². The molecule has 1 aliphatic heterocycles. The van der Waals surface area contributed by atoms with Crippen LogP contribution in [0.15, 0.2) is 6.07 Å². The number of rotatable bonds is 5. The Hall–Kier alpha value is -1.36. The first-order chi connectivity index (χ1) is 9.80. The number of hydrogen-bond donors (Lipinski definition) is 1. The molecule has 1 unspecified atom stereocenters. The zero-order valence-electron chi connectivity index (χ0n) is 12.4. The third-order valence-electron chi connectivity index (χ3n) is 4.03. The molecule has 1 aromatic heterocycles. The summed E-state index contributed by atoms with van der Waals surface area (Å²) in [5.74, 6) is 3.56. The largest absolute Gasteiger partial charge is 0.377 e. The van der Waals surface area contributed by atoms with Gasteiger partial charge in [-0.25, -0.2) is 9.97 Å². The Labute approximate surface area is 120 Å². The van der Waals surface area contributed by atoms with Crippen LogP contribution in [0.4, 0.5) is 11.6 Å². The Morgan fingerprint density at radius 3 is 2.90 bits per heavy atom. The Bertz CT molecular complexity index is 459. The van der Waals surface area contributed by atoms with Crippen molar-refractivity contribution < 1.29 is 4.74 Å². The molecule has 3 rings (SSSR count). The molecule has 0 aromatic carbocycles. The van der Waals surface area contributed by atoms with Crippen molar-refractivity contribution in [1.82, 2.24) is 9.97 Å². The first kappa shape index (κ1) is 13.6. The average molecular weight is 276 g/mol. The van der Waals surface area contributed by atoms with Crippen LogP contribution >= 0.6 is 0 Å². The van der Waals surface area contributed by atoms with Gasteiger partial charge in [0.05, 0.1) is 6.10 Å². The minimum absolute atomic E-state index is 0.339. The molecule has 1 N–H and O–H groups in total. The fourth-order valence-corrected chi connectivity index (χ4v) is 2.78. The number of aromatic nitrogens is 2. The number of anilines is 2. The van der Waals surface area contributed by atoms with E-state index in [-0.39, 0.29) is 0 Å². The van der Waals surface area contributed by atoms with Gasteiger partial charge in [0.15, 0.2) is 0 Å². The first-order valence-corrected chi connectivity index (χ1v) is 7.73. The van der Waals surface area contributed by atoms with E-state index in [1.54, 1.807) is 0 Å². The predicted molar refractivity (Wildman–Crippen MR) is 80.4 cm³/mol. The van der Waals surface area contributed by atoms with Crippen molar-refractivity contribution in [2.24, 2.45) is 0 Å². The van der Waals surface area contributed by atoms with Gasteiger partial charge in [-0.05, 0) is 32.6 Å². The summed E-state index contributed by atoms with van der Waals surface area (Å²) in [4.78, 5) is 11.7. The fraction of sp³-hybridized carbons (Fsp3) is 0.733. The molecule has 110 valence electrons. The van der Waals surface area contributed by atoms with E-state index in [4.69, 9.17) is 9.72 Å². The molecular weight excluding hydrogens is 252 g/mol. The van der Waals surface area contributed by atoms with Gasteiger partial charge in [-0.2, -0.15) is 0 Å². The van der Waals surface area contributed by atoms with Gasteiger partial charge < -0.3 is 15.0 Å². The number of nitrogens with one attached hydrogen (secondary N) is 1. The van der Waals surface area contributed by atoms with Crippen LogP contribution < -0.4 is 10.2 Å². The van der Waals surface area contributed by atoms with Crippen LogP contribution in [0.1, 0.15) is 44.3 Å². The number of ether oxygens (including phenoxy) is 1. The molecule has 5 heteroatoms. The van der Waals surface area contributed by atoms with E-state index in [0.717, 1.165) is 43.6 Å². The fourth-order valence-electron chi connectivity index (χ4n) is 2.78. The van der Waals surface area contributed by atoms with E-state index in [9.17, 15) is 0 Å². The highest BCUT2D eigenvalue weighted by Gasteiger charge is 2.29. The molecule has 0 bridgehead atoms. The SMILES string of the molecule is CCOC1CCCN(c2cc(NC)nc(C3CC3)n2)C1. The molecule has 0 radical (unpaired) electrons. The molecule has 1 saturated carbocycles. The molecule has 1 atom stereocenters. The van der Waals surface area contributed by atoms with Crippen molar-refractivity contribution in [3.05, 3.63) is 11.9 Å². The Morgan fingerprint density at radius 2 is 2.20 bits per heavy atom. The van der Waals surface area contributed by atoms with Gasteiger partial charge in [-0.1, -0.05) is 0 Å². The van der Waals surface area contributed by atoms with Crippen molar-refractivity contribution in [3.63, 3.8) is 0 Å². The number of piperidine rings is 1. The smallest absolute Gasteiger partial charge is 0.136 e. The van der Waals surface area contributed by atoms with E-state index in [1.165, 1.54) is 19.3 Å². The van der Waals surface area contributed by atoms with Crippen molar-refractivity contribution in [2.75, 3.05) is 37.0 Å². The van der Waals surface area contributed by atoms with E-state index in [1.807, 2.05) is 7.05 Å². The van der Waals surface area contributed by atoms with Crippen molar-refractivity contribution >= 4 is 11.6 Å². The molecule has 2 fully saturated rings. The Morgan fingerprint density at radius 1 is 1.35 bits per heavy atom. The maximum absolute atomic E-state index is 5.78. The zero-order chi connectivity index (χ0) is 13.9. The van der Waals surface area contributed by atoms with Crippen LogP contribution in [0.3, 0.4) is 0 Å². The summed E-state index contributed by atoms with van der Waals surface area (Å²) in [6, 6.07) is 2.06. The summed E-state index contributed by atoms with van der Waals surface area (Å²) >= 11 is 0. The normalized spacial score (nSPS) is 22.9. The molecule has 5 nitrogen and oxygen atoms in total. The van der Waals surface area contributed by atoms with Crippen molar-refractivity contribution in [3.8, 4) is 0 Å². The third-order valence-corrected chi connectivity index (χ3v) is 4.03. The molecule has 2 heterocycles. The van der Waals surface area contributed by atoms with Crippen LogP contribution in [0, 0.1) is 0 Å². The Kier molecular flexibility index (Phi) is 4.05. The van der Waals surface area contributed by atoms with Crippen molar-refractivity contribution in [2.45, 2.75) is 44.6 Å². The quantitative estimate of drug-likeness (QED) is 0.895. The standard InChI is InChI=1S/C15H24N4O/c1-3-20-12-5-4-8-19(10-12)14-9-13(16-2)17-15(18-14)11-6-7-11/h9,11-12H,3-8,10H2,1-2H3,(H,16,17,18). The molecule has 1 aliphatic carbocycles. The van der Waals surface area contributed by atoms with Crippen LogP contribution in [-0.4, -0.2) is 42.8 Å². The summed E-state index contributed by atoms with van der Waals surface area (Å²) in [5, 5.41) is 3.16. The zero-order valence-corrected chi connectivity index (χ0v) is 12.4. The van der Waals surface area contributed by atoms with Crippen LogP contribution in [0.2, 0.25) is 0 Å². The van der Waals surface area contributed by atoms with Crippen molar-refractivity contribution in [1.29, 1.82) is 0 Å². The van der Waals surface area contributed by atoms with Crippen LogP contribution in [0.25, 0.3) is 0 Å². The predicted octanol–water partition coefficient (Wildman–Crippen LogP) is 2.40. The molecule has 1 saturated heterocycles. The van der Waals surface area contributed by atoms with Crippen LogP contribution in [0.5, 0.6) is 0 Å². The van der Waals surface area contributed by atoms with Gasteiger partial charge in [0.1, 0.15) is 17.5 Å². The molecule has 1 aromatic rings. The lowest BCUT2D eigenvalue weighted by atomic mass is 10.1. The second kappa shape index (κ2) is 5.95. The molecule has 20 heavy (non-hydrogen) atoms. The molecule has 0 spiro atoms. The van der Waals surface area contributed by atoms with Gasteiger partial charge in [0.2, 0.25) is 0 Å². The van der Waals surface area contributed by atoms with E-state index < -0.39 is 0 Å². The maximum atomic E-state index is 5.78. The maximum Gasteiger partial charge on any atom is 0.136 e. The minimum Gasteiger partial charge on any atom is -0.377 e.